The predicted molar refractivity (Wildman–Crippen MR) is 27.8 cm³/mol. The fraction of sp³-hybridized carbons (Fsp3) is 0.667. The van der Waals surface area contributed by atoms with E-state index in [4.69, 9.17) is 10.5 Å². The molecule has 0 amide bonds. The summed E-state index contributed by atoms with van der Waals surface area (Å²) in [7, 11) is 0. The number of nitriles is 2. The highest BCUT2D eigenvalue weighted by Crippen LogP contribution is 2.59. The van der Waals surface area contributed by atoms with E-state index in [-0.39, 0.29) is 6.42 Å². The van der Waals surface area contributed by atoms with Crippen LogP contribution in [0.2, 0.25) is 0 Å². The molecule has 58 valence electrons. The van der Waals surface area contributed by atoms with Crippen LogP contribution >= 0.6 is 0 Å². The molecule has 0 N–H and O–H groups in total. The second kappa shape index (κ2) is 1.88. The number of nitrogens with zero attached hydrogens (tertiary/aromatic N) is 2. The molecule has 0 aromatic rings. The van der Waals surface area contributed by atoms with E-state index in [1.807, 2.05) is 0 Å². The minimum atomic E-state index is -4.40. The normalized spacial score (nSPS) is 26.8. The van der Waals surface area contributed by atoms with Crippen LogP contribution < -0.4 is 0 Å². The van der Waals surface area contributed by atoms with Crippen LogP contribution in [0.3, 0.4) is 0 Å². The van der Waals surface area contributed by atoms with Gasteiger partial charge in [-0.2, -0.15) is 23.7 Å². The molecule has 1 atom stereocenters. The molecule has 0 aliphatic heterocycles. The first-order chi connectivity index (χ1) is 4.96. The van der Waals surface area contributed by atoms with E-state index in [1.165, 1.54) is 12.1 Å². The molecule has 1 fully saturated rings. The standard InChI is InChI=1S/C6H3F3N2/c7-6(8,9)4-1-5(4,2-10)3-11/h4H,1H2/t4-/m0/s1. The molecular weight excluding hydrogens is 157 g/mol. The van der Waals surface area contributed by atoms with Crippen LogP contribution in [0.5, 0.6) is 0 Å². The van der Waals surface area contributed by atoms with Gasteiger partial charge in [-0.15, -0.1) is 0 Å². The summed E-state index contributed by atoms with van der Waals surface area (Å²) in [5.74, 6) is -1.73. The zero-order chi connectivity index (χ0) is 8.70. The van der Waals surface area contributed by atoms with Crippen LogP contribution in [-0.2, 0) is 0 Å². The van der Waals surface area contributed by atoms with Gasteiger partial charge in [-0.05, 0) is 6.42 Å². The zero-order valence-electron chi connectivity index (χ0n) is 5.31. The van der Waals surface area contributed by atoms with Crippen molar-refractivity contribution in [3.63, 3.8) is 0 Å². The average molecular weight is 160 g/mol. The number of hydrogen-bond donors (Lipinski definition) is 0. The summed E-state index contributed by atoms with van der Waals surface area (Å²) in [6.45, 7) is 0. The topological polar surface area (TPSA) is 47.6 Å². The van der Waals surface area contributed by atoms with Crippen molar-refractivity contribution in [2.24, 2.45) is 11.3 Å². The van der Waals surface area contributed by atoms with Crippen molar-refractivity contribution < 1.29 is 13.2 Å². The third-order valence-electron chi connectivity index (χ3n) is 1.75. The van der Waals surface area contributed by atoms with Gasteiger partial charge in [0.05, 0.1) is 18.1 Å². The summed E-state index contributed by atoms with van der Waals surface area (Å²) in [6.07, 6.45) is -4.77. The van der Waals surface area contributed by atoms with Gasteiger partial charge < -0.3 is 0 Å². The van der Waals surface area contributed by atoms with Crippen molar-refractivity contribution in [3.8, 4) is 12.1 Å². The lowest BCUT2D eigenvalue weighted by Gasteiger charge is -2.03. The van der Waals surface area contributed by atoms with Crippen LogP contribution in [0, 0.1) is 34.0 Å². The Hall–Kier alpha value is -1.23. The molecule has 1 aliphatic carbocycles. The number of alkyl halides is 3. The Morgan fingerprint density at radius 2 is 1.73 bits per heavy atom. The average Bonchev–Trinajstić information content (AvgIpc) is 2.61. The highest BCUT2D eigenvalue weighted by Gasteiger charge is 2.68. The lowest BCUT2D eigenvalue weighted by molar-refractivity contribution is -0.151. The highest BCUT2D eigenvalue weighted by molar-refractivity contribution is 5.29. The fourth-order valence-corrected chi connectivity index (χ4v) is 0.930. The molecule has 11 heavy (non-hydrogen) atoms. The van der Waals surface area contributed by atoms with Gasteiger partial charge in [0.25, 0.3) is 0 Å². The molecule has 0 aromatic carbocycles. The quantitative estimate of drug-likeness (QED) is 0.540. The van der Waals surface area contributed by atoms with Gasteiger partial charge >= 0.3 is 6.18 Å². The van der Waals surface area contributed by atoms with Gasteiger partial charge in [0, 0.05) is 0 Å². The lowest BCUT2D eigenvalue weighted by atomic mass is 10.1. The van der Waals surface area contributed by atoms with E-state index < -0.39 is 17.5 Å². The Morgan fingerprint density at radius 3 is 1.82 bits per heavy atom. The third kappa shape index (κ3) is 1.03. The summed E-state index contributed by atoms with van der Waals surface area (Å²) in [4.78, 5) is 0. The molecule has 1 saturated carbocycles. The lowest BCUT2D eigenvalue weighted by Crippen LogP contribution is -2.15. The molecule has 0 unspecified atom stereocenters. The SMILES string of the molecule is N#CC1(C#N)C[C@@H]1C(F)(F)F. The molecule has 1 aliphatic rings. The van der Waals surface area contributed by atoms with Crippen molar-refractivity contribution >= 4 is 0 Å². The summed E-state index contributed by atoms with van der Waals surface area (Å²) >= 11 is 0. The van der Waals surface area contributed by atoms with Crippen molar-refractivity contribution in [1.82, 2.24) is 0 Å². The van der Waals surface area contributed by atoms with Gasteiger partial charge in [0.15, 0.2) is 5.41 Å². The maximum atomic E-state index is 11.8. The number of hydrogen-bond acceptors (Lipinski definition) is 2. The summed E-state index contributed by atoms with van der Waals surface area (Å²) in [5.41, 5.74) is -1.78. The Balaban J connectivity index is 2.78. The summed E-state index contributed by atoms with van der Waals surface area (Å²) in [5, 5.41) is 16.4. The fourth-order valence-electron chi connectivity index (χ4n) is 0.930. The van der Waals surface area contributed by atoms with E-state index >= 15 is 0 Å². The van der Waals surface area contributed by atoms with Crippen molar-refractivity contribution in [2.45, 2.75) is 12.6 Å². The van der Waals surface area contributed by atoms with Crippen LogP contribution in [-0.4, -0.2) is 6.18 Å². The second-order valence-corrected chi connectivity index (χ2v) is 2.49. The monoisotopic (exact) mass is 160 g/mol. The summed E-state index contributed by atoms with van der Waals surface area (Å²) in [6, 6.07) is 2.76. The molecule has 5 heteroatoms. The van der Waals surface area contributed by atoms with Gasteiger partial charge in [0.1, 0.15) is 0 Å². The Kier molecular flexibility index (Phi) is 1.35. The predicted octanol–water partition coefficient (Wildman–Crippen LogP) is 1.60. The molecule has 0 heterocycles. The molecule has 2 nitrogen and oxygen atoms in total. The van der Waals surface area contributed by atoms with Gasteiger partial charge in [0.2, 0.25) is 0 Å². The molecule has 0 aromatic heterocycles. The number of halogens is 3. The highest BCUT2D eigenvalue weighted by atomic mass is 19.4. The van der Waals surface area contributed by atoms with E-state index in [1.54, 1.807) is 0 Å². The molecule has 0 radical (unpaired) electrons. The van der Waals surface area contributed by atoms with Crippen LogP contribution in [0.25, 0.3) is 0 Å². The van der Waals surface area contributed by atoms with E-state index in [9.17, 15) is 13.2 Å². The molecule has 1 rings (SSSR count). The van der Waals surface area contributed by atoms with Crippen LogP contribution in [0.1, 0.15) is 6.42 Å². The molecule has 0 spiro atoms. The first-order valence-corrected chi connectivity index (χ1v) is 2.85. The van der Waals surface area contributed by atoms with Crippen molar-refractivity contribution in [1.29, 1.82) is 10.5 Å². The molecule has 0 saturated heterocycles. The largest absolute Gasteiger partial charge is 0.394 e. The van der Waals surface area contributed by atoms with Gasteiger partial charge in [-0.25, -0.2) is 0 Å². The minimum absolute atomic E-state index is 0.372. The molecule has 0 bridgehead atoms. The van der Waals surface area contributed by atoms with Crippen LogP contribution in [0.15, 0.2) is 0 Å². The second-order valence-electron chi connectivity index (χ2n) is 2.49. The smallest absolute Gasteiger partial charge is 0.197 e. The third-order valence-corrected chi connectivity index (χ3v) is 1.75. The maximum absolute atomic E-state index is 11.8. The first-order valence-electron chi connectivity index (χ1n) is 2.85. The molecular formula is C6H3F3N2. The first kappa shape index (κ1) is 7.87. The van der Waals surface area contributed by atoms with E-state index in [0.29, 0.717) is 0 Å². The van der Waals surface area contributed by atoms with E-state index in [0.717, 1.165) is 0 Å². The van der Waals surface area contributed by atoms with Crippen LogP contribution in [0.4, 0.5) is 13.2 Å². The van der Waals surface area contributed by atoms with E-state index in [2.05, 4.69) is 0 Å². The maximum Gasteiger partial charge on any atom is 0.394 e. The van der Waals surface area contributed by atoms with Gasteiger partial charge in [-0.1, -0.05) is 0 Å². The minimum Gasteiger partial charge on any atom is -0.197 e. The Morgan fingerprint density at radius 1 is 1.27 bits per heavy atom. The zero-order valence-corrected chi connectivity index (χ0v) is 5.31. The number of rotatable bonds is 0. The Labute approximate surface area is 60.8 Å². The Bertz CT molecular complexity index is 240. The summed E-state index contributed by atoms with van der Waals surface area (Å²) < 4.78 is 35.4. The van der Waals surface area contributed by atoms with Gasteiger partial charge in [-0.3, -0.25) is 0 Å². The van der Waals surface area contributed by atoms with Crippen molar-refractivity contribution in [3.05, 3.63) is 0 Å². The van der Waals surface area contributed by atoms with Crippen molar-refractivity contribution in [2.75, 3.05) is 0 Å².